The highest BCUT2D eigenvalue weighted by Crippen LogP contribution is 2.22. The van der Waals surface area contributed by atoms with E-state index in [0.717, 1.165) is 35.1 Å². The van der Waals surface area contributed by atoms with Crippen LogP contribution in [0.2, 0.25) is 0 Å². The van der Waals surface area contributed by atoms with Crippen LogP contribution in [0.25, 0.3) is 0 Å². The third kappa shape index (κ3) is 2.68. The van der Waals surface area contributed by atoms with Gasteiger partial charge in [0, 0.05) is 0 Å². The van der Waals surface area contributed by atoms with Crippen molar-refractivity contribution in [2.75, 3.05) is 13.1 Å². The van der Waals surface area contributed by atoms with E-state index in [4.69, 9.17) is 0 Å². The fraction of sp³-hybridized carbons (Fsp3) is 0.714. The first-order valence-electron chi connectivity index (χ1n) is 4.26. The van der Waals surface area contributed by atoms with Gasteiger partial charge in [0.2, 0.25) is 0 Å². The van der Waals surface area contributed by atoms with E-state index >= 15 is 0 Å². The van der Waals surface area contributed by atoms with E-state index in [0.29, 0.717) is 6.04 Å². The third-order valence-corrected chi connectivity index (χ3v) is 3.79. The average molecular weight is 346 g/mol. The van der Waals surface area contributed by atoms with E-state index in [-0.39, 0.29) is 12.4 Å². The summed E-state index contributed by atoms with van der Waals surface area (Å²) in [5, 5.41) is 11.9. The van der Waals surface area contributed by atoms with Gasteiger partial charge in [-0.25, -0.2) is 0 Å². The Morgan fingerprint density at radius 3 is 2.14 bits per heavy atom. The molecular formula is C7H11Br2ClN4. The van der Waals surface area contributed by atoms with Gasteiger partial charge >= 0.3 is 0 Å². The second kappa shape index (κ2) is 5.44. The van der Waals surface area contributed by atoms with E-state index in [2.05, 4.69) is 47.4 Å². The van der Waals surface area contributed by atoms with Crippen LogP contribution < -0.4 is 5.32 Å². The van der Waals surface area contributed by atoms with Crippen molar-refractivity contribution < 1.29 is 0 Å². The quantitative estimate of drug-likeness (QED) is 0.847. The Bertz CT molecular complexity index is 278. The molecule has 0 bridgehead atoms. The fourth-order valence-corrected chi connectivity index (χ4v) is 1.97. The molecule has 80 valence electrons. The lowest BCUT2D eigenvalue weighted by Gasteiger charge is -2.21. The molecule has 1 saturated heterocycles. The molecule has 0 radical (unpaired) electrons. The van der Waals surface area contributed by atoms with Gasteiger partial charge in [0.05, 0.1) is 6.04 Å². The standard InChI is InChI=1S/C7H10Br2N4.ClH/c8-6-7(9)12-13(11-6)5-1-3-10-4-2-5;/h5,10H,1-4H2;1H. The zero-order chi connectivity index (χ0) is 9.26. The van der Waals surface area contributed by atoms with E-state index < -0.39 is 0 Å². The lowest BCUT2D eigenvalue weighted by molar-refractivity contribution is 0.312. The lowest BCUT2D eigenvalue weighted by atomic mass is 10.1. The predicted octanol–water partition coefficient (Wildman–Crippen LogP) is 2.15. The zero-order valence-electron chi connectivity index (χ0n) is 7.41. The minimum absolute atomic E-state index is 0. The number of rotatable bonds is 1. The van der Waals surface area contributed by atoms with Gasteiger partial charge in [-0.1, -0.05) is 0 Å². The Morgan fingerprint density at radius 2 is 1.64 bits per heavy atom. The van der Waals surface area contributed by atoms with Crippen molar-refractivity contribution in [3.05, 3.63) is 9.21 Å². The summed E-state index contributed by atoms with van der Waals surface area (Å²) in [4.78, 5) is 1.80. The van der Waals surface area contributed by atoms with Crippen LogP contribution in [0.3, 0.4) is 0 Å². The van der Waals surface area contributed by atoms with Crippen LogP contribution in [0.4, 0.5) is 0 Å². The number of hydrogen-bond donors (Lipinski definition) is 1. The van der Waals surface area contributed by atoms with E-state index in [1.807, 2.05) is 0 Å². The highest BCUT2D eigenvalue weighted by atomic mass is 79.9. The summed E-state index contributed by atoms with van der Waals surface area (Å²) in [7, 11) is 0. The van der Waals surface area contributed by atoms with Crippen molar-refractivity contribution in [1.82, 2.24) is 20.3 Å². The van der Waals surface area contributed by atoms with Crippen LogP contribution in [-0.4, -0.2) is 28.1 Å². The molecule has 1 aliphatic rings. The van der Waals surface area contributed by atoms with Crippen LogP contribution in [0, 0.1) is 0 Å². The summed E-state index contributed by atoms with van der Waals surface area (Å²) < 4.78 is 1.57. The zero-order valence-corrected chi connectivity index (χ0v) is 11.4. The monoisotopic (exact) mass is 344 g/mol. The summed E-state index contributed by atoms with van der Waals surface area (Å²) in [6.45, 7) is 2.11. The molecule has 7 heteroatoms. The van der Waals surface area contributed by atoms with Gasteiger partial charge in [0.1, 0.15) is 0 Å². The molecule has 1 fully saturated rings. The van der Waals surface area contributed by atoms with Gasteiger partial charge in [0.15, 0.2) is 9.21 Å². The summed E-state index contributed by atoms with van der Waals surface area (Å²) >= 11 is 6.65. The maximum atomic E-state index is 4.28. The van der Waals surface area contributed by atoms with Crippen molar-refractivity contribution in [3.63, 3.8) is 0 Å². The maximum Gasteiger partial charge on any atom is 0.162 e. The first kappa shape index (κ1) is 12.4. The number of piperidine rings is 1. The second-order valence-electron chi connectivity index (χ2n) is 3.08. The van der Waals surface area contributed by atoms with Gasteiger partial charge in [-0.3, -0.25) is 0 Å². The lowest BCUT2D eigenvalue weighted by Crippen LogP contribution is -2.30. The number of nitrogens with zero attached hydrogens (tertiary/aromatic N) is 3. The van der Waals surface area contributed by atoms with Crippen LogP contribution in [0.5, 0.6) is 0 Å². The molecule has 2 rings (SSSR count). The molecule has 0 spiro atoms. The summed E-state index contributed by atoms with van der Waals surface area (Å²) in [5.41, 5.74) is 0. The molecule has 0 aromatic carbocycles. The van der Waals surface area contributed by atoms with Crippen molar-refractivity contribution in [1.29, 1.82) is 0 Å². The molecule has 0 unspecified atom stereocenters. The number of nitrogens with one attached hydrogen (secondary N) is 1. The summed E-state index contributed by atoms with van der Waals surface area (Å²) in [6.07, 6.45) is 2.21. The molecule has 1 N–H and O–H groups in total. The molecule has 1 aromatic rings. The smallest absolute Gasteiger partial charge is 0.162 e. The minimum atomic E-state index is 0. The second-order valence-corrected chi connectivity index (χ2v) is 4.59. The molecule has 0 amide bonds. The molecule has 0 aliphatic carbocycles. The fourth-order valence-electron chi connectivity index (χ4n) is 1.49. The highest BCUT2D eigenvalue weighted by molar-refractivity contribution is 9.13. The number of halogens is 3. The van der Waals surface area contributed by atoms with Crippen LogP contribution >= 0.6 is 44.3 Å². The van der Waals surface area contributed by atoms with Crippen LogP contribution in [-0.2, 0) is 0 Å². The normalized spacial score (nSPS) is 17.9. The molecular weight excluding hydrogens is 335 g/mol. The molecule has 2 heterocycles. The number of aromatic nitrogens is 3. The Balaban J connectivity index is 0.000000980. The van der Waals surface area contributed by atoms with Gasteiger partial charge in [-0.2, -0.15) is 4.80 Å². The minimum Gasteiger partial charge on any atom is -0.317 e. The Morgan fingerprint density at radius 1 is 1.14 bits per heavy atom. The molecule has 1 aromatic heterocycles. The van der Waals surface area contributed by atoms with Crippen LogP contribution in [0.15, 0.2) is 9.21 Å². The van der Waals surface area contributed by atoms with Crippen molar-refractivity contribution >= 4 is 44.3 Å². The SMILES string of the molecule is Brc1nn(C2CCNCC2)nc1Br.Cl. The van der Waals surface area contributed by atoms with E-state index in [9.17, 15) is 0 Å². The summed E-state index contributed by atoms with van der Waals surface area (Å²) in [5.74, 6) is 0. The molecule has 1 aliphatic heterocycles. The van der Waals surface area contributed by atoms with Gasteiger partial charge in [-0.15, -0.1) is 22.6 Å². The van der Waals surface area contributed by atoms with Crippen molar-refractivity contribution in [3.8, 4) is 0 Å². The topological polar surface area (TPSA) is 42.7 Å². The molecule has 14 heavy (non-hydrogen) atoms. The maximum absolute atomic E-state index is 4.28. The van der Waals surface area contributed by atoms with Gasteiger partial charge < -0.3 is 5.32 Å². The molecule has 0 saturated carbocycles. The Hall–Kier alpha value is 0.350. The van der Waals surface area contributed by atoms with Crippen molar-refractivity contribution in [2.45, 2.75) is 18.9 Å². The van der Waals surface area contributed by atoms with Gasteiger partial charge in [-0.05, 0) is 57.8 Å². The van der Waals surface area contributed by atoms with Crippen molar-refractivity contribution in [2.24, 2.45) is 0 Å². The first-order chi connectivity index (χ1) is 6.27. The van der Waals surface area contributed by atoms with E-state index in [1.165, 1.54) is 0 Å². The van der Waals surface area contributed by atoms with Gasteiger partial charge in [0.25, 0.3) is 0 Å². The summed E-state index contributed by atoms with van der Waals surface area (Å²) in [6, 6.07) is 0.448. The Labute approximate surface area is 105 Å². The molecule has 4 nitrogen and oxygen atoms in total. The predicted molar refractivity (Wildman–Crippen MR) is 63.8 cm³/mol. The highest BCUT2D eigenvalue weighted by Gasteiger charge is 2.18. The first-order valence-corrected chi connectivity index (χ1v) is 5.84. The Kier molecular flexibility index (Phi) is 4.82. The number of hydrogen-bond acceptors (Lipinski definition) is 3. The third-order valence-electron chi connectivity index (χ3n) is 2.19. The largest absolute Gasteiger partial charge is 0.317 e. The van der Waals surface area contributed by atoms with E-state index in [1.54, 1.807) is 4.80 Å². The van der Waals surface area contributed by atoms with Crippen LogP contribution in [0.1, 0.15) is 18.9 Å². The average Bonchev–Trinajstić information content (AvgIpc) is 2.49. The molecule has 0 atom stereocenters.